The average molecular weight is 491 g/mol. The standard InChI is InChI=1S/6ClH.Na.4O.Os.H/h6*1H;;;;;;;/q;;;;;;;;;;;+6;/p-6. The van der Waals surface area contributed by atoms with E-state index in [0.29, 0.717) is 0 Å². The second-order valence-electron chi connectivity index (χ2n) is 2.42. The van der Waals surface area contributed by atoms with Crippen molar-refractivity contribution in [1.82, 2.24) is 0 Å². The molecule has 0 unspecified atom stereocenters. The van der Waals surface area contributed by atoms with E-state index in [1.165, 1.54) is 0 Å². The van der Waals surface area contributed by atoms with Gasteiger partial charge in [-0.05, 0) is 0 Å². The zero-order valence-electron chi connectivity index (χ0n) is 4.25. The summed E-state index contributed by atoms with van der Waals surface area (Å²) < 4.78 is 30.0. The van der Waals surface area contributed by atoms with Crippen LogP contribution in [0, 0.1) is 0 Å². The van der Waals surface area contributed by atoms with Crippen LogP contribution in [0.3, 0.4) is 0 Å². The summed E-state index contributed by atoms with van der Waals surface area (Å²) in [5, 5.41) is 0. The Hall–Kier alpha value is 2.58. The maximum atomic E-state index is 10.6. The Bertz CT molecular complexity index is 759. The molecule has 0 aliphatic rings. The SMILES string of the molecule is [NaH].[O]=[Os](=[O])(=[O])(=[O])([Cl])([Cl])([Cl])([Cl])([Cl])[Cl]. The van der Waals surface area contributed by atoms with E-state index in [4.69, 9.17) is 0 Å². The van der Waals surface area contributed by atoms with Gasteiger partial charge in [-0.15, -0.1) is 0 Å². The van der Waals surface area contributed by atoms with Crippen molar-refractivity contribution in [2.24, 2.45) is 0 Å². The fraction of sp³-hybridized carbons (Fsp3) is 0. The van der Waals surface area contributed by atoms with E-state index in [2.05, 4.69) is 57.8 Å². The molecule has 12 heavy (non-hydrogen) atoms. The summed E-state index contributed by atoms with van der Waals surface area (Å²) in [6.07, 6.45) is 0. The van der Waals surface area contributed by atoms with Gasteiger partial charge in [-0.2, -0.15) is 0 Å². The second kappa shape index (κ2) is 0.949. The number of hydrogen-bond donors (Lipinski definition) is 0. The van der Waals surface area contributed by atoms with Crippen molar-refractivity contribution in [1.29, 1.82) is 0 Å². The van der Waals surface area contributed by atoms with Crippen LogP contribution in [-0.4, -0.2) is 29.6 Å². The fourth-order valence-electron chi connectivity index (χ4n) is 0. The first-order valence-corrected chi connectivity index (χ1v) is 24.4. The molecule has 0 radical (unpaired) electrons. The molecular formula is HCl6NaO4Os. The Kier molecular flexibility index (Phi) is 1.34. The van der Waals surface area contributed by atoms with Crippen LogP contribution in [-0.2, 0) is 15.8 Å². The van der Waals surface area contributed by atoms with Crippen molar-refractivity contribution in [2.75, 3.05) is 0 Å². The Morgan fingerprint density at radius 2 is 0.583 bits per heavy atom. The fourth-order valence-corrected chi connectivity index (χ4v) is 0. The molecule has 0 atom stereocenters. The first-order valence-electron chi connectivity index (χ1n) is 1.38. The van der Waals surface area contributed by atoms with Crippen molar-refractivity contribution >= 4 is 87.4 Å². The van der Waals surface area contributed by atoms with E-state index in [1.54, 1.807) is 0 Å². The minimum absolute atomic E-state index is 0. The summed E-state index contributed by atoms with van der Waals surface area (Å²) in [6, 6.07) is 0. The molecule has 4 nitrogen and oxygen atoms in total. The quantitative estimate of drug-likeness (QED) is 0.490. The Balaban J connectivity index is 0. The first-order chi connectivity index (χ1) is 3.16. The summed E-state index contributed by atoms with van der Waals surface area (Å²) in [5.74, 6) is 0. The number of rotatable bonds is 0. The molecule has 0 bridgehead atoms. The Morgan fingerprint density at radius 1 is 0.583 bits per heavy atom. The molecule has 0 spiro atoms. The summed E-state index contributed by atoms with van der Waals surface area (Å²) >= 11 is 0. The van der Waals surface area contributed by atoms with Gasteiger partial charge >= 0.3 is 103 Å². The summed E-state index contributed by atoms with van der Waals surface area (Å²) in [6.45, 7) is 0. The van der Waals surface area contributed by atoms with Crippen LogP contribution in [0.2, 0.25) is 0 Å². The van der Waals surface area contributed by atoms with E-state index in [1.807, 2.05) is 0 Å². The second-order valence-corrected chi connectivity index (χ2v) is 90.9. The third-order valence-electron chi connectivity index (χ3n) is 0. The van der Waals surface area contributed by atoms with Crippen LogP contribution in [0.4, 0.5) is 0 Å². The molecule has 0 aromatic rings. The predicted octanol–water partition coefficient (Wildman–Crippen LogP) is 3.01. The van der Waals surface area contributed by atoms with E-state index < -0.39 is 1.69 Å². The predicted molar refractivity (Wildman–Crippen MR) is 45.0 cm³/mol. The molecule has 76 valence electrons. The molecule has 0 aliphatic carbocycles. The zero-order chi connectivity index (χ0) is 10.3. The van der Waals surface area contributed by atoms with Crippen molar-refractivity contribution in [3.8, 4) is 0 Å². The molecule has 0 fully saturated rings. The molecule has 0 aromatic carbocycles. The zero-order valence-corrected chi connectivity index (χ0v) is 11.3. The van der Waals surface area contributed by atoms with Gasteiger partial charge in [0.1, 0.15) is 0 Å². The van der Waals surface area contributed by atoms with Crippen LogP contribution in [0.5, 0.6) is 0 Å². The van der Waals surface area contributed by atoms with Gasteiger partial charge in [0.15, 0.2) is 0 Å². The van der Waals surface area contributed by atoms with Gasteiger partial charge < -0.3 is 0 Å². The molecule has 0 amide bonds. The number of hydrogen-bond acceptors (Lipinski definition) is 4. The first kappa shape index (κ1) is 17.0. The monoisotopic (exact) mass is 490 g/mol. The summed E-state index contributed by atoms with van der Waals surface area (Å²) in [4.78, 5) is 0. The maximum absolute atomic E-state index is 12.5. The third kappa shape index (κ3) is 254. The van der Waals surface area contributed by atoms with Gasteiger partial charge in [-0.3, -0.25) is 0 Å². The van der Waals surface area contributed by atoms with Crippen LogP contribution < -0.4 is 0 Å². The molecule has 0 N–H and O–H groups in total. The molecular weight excluding hydrogens is 490 g/mol. The van der Waals surface area contributed by atoms with Crippen LogP contribution in [0.25, 0.3) is 0 Å². The number of halogens is 6. The normalized spacial score (nSPS) is 35.5. The molecule has 0 saturated heterocycles. The van der Waals surface area contributed by atoms with Gasteiger partial charge in [-0.1, -0.05) is 0 Å². The molecule has 0 saturated carbocycles. The van der Waals surface area contributed by atoms with E-state index in [0.717, 1.165) is 0 Å². The minimum atomic E-state index is -12.5. The third-order valence-corrected chi connectivity index (χ3v) is 0. The average Bonchev–Trinajstić information content (AvgIpc) is 0.439. The molecule has 0 heterocycles. The van der Waals surface area contributed by atoms with E-state index >= 15 is 0 Å². The molecule has 12 heteroatoms. The van der Waals surface area contributed by atoms with E-state index in [9.17, 15) is 14.2 Å². The molecule has 0 aromatic heterocycles. The van der Waals surface area contributed by atoms with Gasteiger partial charge in [0.05, 0.1) is 0 Å². The van der Waals surface area contributed by atoms with Crippen molar-refractivity contribution in [3.05, 3.63) is 0 Å². The Labute approximate surface area is 101 Å². The van der Waals surface area contributed by atoms with Gasteiger partial charge in [0, 0.05) is 0 Å². The van der Waals surface area contributed by atoms with Crippen molar-refractivity contribution in [2.45, 2.75) is 0 Å². The molecule has 0 rings (SSSR count). The molecule has 0 aliphatic heterocycles. The van der Waals surface area contributed by atoms with Crippen molar-refractivity contribution < 1.29 is 15.8 Å². The Morgan fingerprint density at radius 3 is 0.583 bits per heavy atom. The van der Waals surface area contributed by atoms with Crippen molar-refractivity contribution in [3.63, 3.8) is 0 Å². The van der Waals surface area contributed by atoms with Crippen LogP contribution in [0.15, 0.2) is 0 Å². The summed E-state index contributed by atoms with van der Waals surface area (Å²) in [7, 11) is 22.8. The van der Waals surface area contributed by atoms with Gasteiger partial charge in [-0.25, -0.2) is 0 Å². The van der Waals surface area contributed by atoms with Crippen LogP contribution in [0.1, 0.15) is 0 Å². The van der Waals surface area contributed by atoms with E-state index in [-0.39, 0.29) is 29.6 Å². The van der Waals surface area contributed by atoms with Gasteiger partial charge in [0.2, 0.25) is 0 Å². The van der Waals surface area contributed by atoms with Crippen LogP contribution >= 0.6 is 57.8 Å². The van der Waals surface area contributed by atoms with Gasteiger partial charge in [0.25, 0.3) is 0 Å². The topological polar surface area (TPSA) is 68.3 Å². The summed E-state index contributed by atoms with van der Waals surface area (Å²) in [5.41, 5.74) is 0.